The normalized spacial score (nSPS) is 14.9. The number of halogens is 1. The van der Waals surface area contributed by atoms with Gasteiger partial charge in [0.05, 0.1) is 11.1 Å². The number of nitrogens with two attached hydrogens (primary N) is 1. The van der Waals surface area contributed by atoms with Crippen molar-refractivity contribution in [2.24, 2.45) is 11.7 Å². The first-order valence-electron chi connectivity index (χ1n) is 5.63. The second-order valence-electron chi connectivity index (χ2n) is 4.55. The molecule has 0 aliphatic heterocycles. The summed E-state index contributed by atoms with van der Waals surface area (Å²) in [6, 6.07) is 5.71. The first-order chi connectivity index (χ1) is 7.41. The zero-order chi connectivity index (χ0) is 12.3. The number of hydrogen-bond acceptors (Lipinski definition) is 2. The zero-order valence-corrected chi connectivity index (χ0v) is 11.1. The molecule has 0 spiro atoms. The Morgan fingerprint density at radius 3 is 2.25 bits per heavy atom. The van der Waals surface area contributed by atoms with Crippen molar-refractivity contribution in [3.8, 4) is 5.75 Å². The Hall–Kier alpha value is -0.730. The van der Waals surface area contributed by atoms with E-state index in [0.717, 1.165) is 11.3 Å². The number of benzene rings is 1. The number of ether oxygens (including phenoxy) is 1. The second kappa shape index (κ2) is 5.55. The third kappa shape index (κ3) is 3.39. The highest BCUT2D eigenvalue weighted by molar-refractivity contribution is 6.32. The Labute approximate surface area is 103 Å². The van der Waals surface area contributed by atoms with Gasteiger partial charge in [0.1, 0.15) is 5.75 Å². The molecule has 2 atom stereocenters. The van der Waals surface area contributed by atoms with E-state index < -0.39 is 0 Å². The van der Waals surface area contributed by atoms with Crippen LogP contribution in [-0.4, -0.2) is 6.10 Å². The smallest absolute Gasteiger partial charge is 0.138 e. The summed E-state index contributed by atoms with van der Waals surface area (Å²) in [4.78, 5) is 0. The standard InChI is InChI=1S/C13H20ClNO/c1-8(2)10(4)16-13-6-5-11(9(3)15)7-12(13)14/h5-10H,15H2,1-4H3/t9-,10?/m1/s1. The van der Waals surface area contributed by atoms with E-state index in [4.69, 9.17) is 22.1 Å². The van der Waals surface area contributed by atoms with E-state index in [1.807, 2.05) is 32.0 Å². The van der Waals surface area contributed by atoms with Gasteiger partial charge in [-0.25, -0.2) is 0 Å². The van der Waals surface area contributed by atoms with Crippen molar-refractivity contribution < 1.29 is 4.74 Å². The lowest BCUT2D eigenvalue weighted by Crippen LogP contribution is -2.18. The molecule has 1 rings (SSSR count). The zero-order valence-electron chi connectivity index (χ0n) is 10.3. The van der Waals surface area contributed by atoms with E-state index in [9.17, 15) is 0 Å². The van der Waals surface area contributed by atoms with Crippen LogP contribution in [0, 0.1) is 5.92 Å². The SMILES string of the molecule is CC(C)C(C)Oc1ccc([C@@H](C)N)cc1Cl. The molecule has 0 fully saturated rings. The van der Waals surface area contributed by atoms with Gasteiger partial charge in [0, 0.05) is 6.04 Å². The van der Waals surface area contributed by atoms with E-state index in [1.54, 1.807) is 0 Å². The monoisotopic (exact) mass is 241 g/mol. The predicted molar refractivity (Wildman–Crippen MR) is 69.0 cm³/mol. The lowest BCUT2D eigenvalue weighted by molar-refractivity contribution is 0.170. The minimum Gasteiger partial charge on any atom is -0.489 e. The lowest BCUT2D eigenvalue weighted by atomic mass is 10.1. The van der Waals surface area contributed by atoms with Gasteiger partial charge >= 0.3 is 0 Å². The van der Waals surface area contributed by atoms with Crippen molar-refractivity contribution in [1.82, 2.24) is 0 Å². The minimum atomic E-state index is -0.00549. The van der Waals surface area contributed by atoms with E-state index in [0.29, 0.717) is 10.9 Å². The Morgan fingerprint density at radius 2 is 1.81 bits per heavy atom. The Kier molecular flexibility index (Phi) is 4.63. The van der Waals surface area contributed by atoms with Gasteiger partial charge in [-0.05, 0) is 37.5 Å². The van der Waals surface area contributed by atoms with Gasteiger partial charge in [0.15, 0.2) is 0 Å². The number of rotatable bonds is 4. The lowest BCUT2D eigenvalue weighted by Gasteiger charge is -2.19. The van der Waals surface area contributed by atoms with Crippen LogP contribution in [0.2, 0.25) is 5.02 Å². The average molecular weight is 242 g/mol. The van der Waals surface area contributed by atoms with Crippen LogP contribution in [0.15, 0.2) is 18.2 Å². The highest BCUT2D eigenvalue weighted by Gasteiger charge is 2.12. The Balaban J connectivity index is 2.83. The fraction of sp³-hybridized carbons (Fsp3) is 0.538. The van der Waals surface area contributed by atoms with E-state index >= 15 is 0 Å². The summed E-state index contributed by atoms with van der Waals surface area (Å²) in [7, 11) is 0. The van der Waals surface area contributed by atoms with Gasteiger partial charge in [-0.15, -0.1) is 0 Å². The first-order valence-corrected chi connectivity index (χ1v) is 6.01. The third-order valence-corrected chi connectivity index (χ3v) is 3.03. The first kappa shape index (κ1) is 13.3. The van der Waals surface area contributed by atoms with Crippen LogP contribution in [0.25, 0.3) is 0 Å². The molecule has 0 saturated heterocycles. The van der Waals surface area contributed by atoms with E-state index in [2.05, 4.69) is 13.8 Å². The predicted octanol–water partition coefficient (Wildman–Crippen LogP) is 3.78. The fourth-order valence-corrected chi connectivity index (χ4v) is 1.47. The highest BCUT2D eigenvalue weighted by atomic mass is 35.5. The van der Waals surface area contributed by atoms with Gasteiger partial charge in [-0.1, -0.05) is 31.5 Å². The Bertz CT molecular complexity index is 350. The molecule has 0 bridgehead atoms. The van der Waals surface area contributed by atoms with Crippen LogP contribution in [0.5, 0.6) is 5.75 Å². The largest absolute Gasteiger partial charge is 0.489 e. The van der Waals surface area contributed by atoms with Gasteiger partial charge in [-0.2, -0.15) is 0 Å². The third-order valence-electron chi connectivity index (χ3n) is 2.73. The summed E-state index contributed by atoms with van der Waals surface area (Å²) < 4.78 is 5.77. The van der Waals surface area contributed by atoms with Crippen molar-refractivity contribution in [3.63, 3.8) is 0 Å². The Morgan fingerprint density at radius 1 is 1.19 bits per heavy atom. The summed E-state index contributed by atoms with van der Waals surface area (Å²) >= 11 is 6.14. The quantitative estimate of drug-likeness (QED) is 0.871. The van der Waals surface area contributed by atoms with E-state index in [-0.39, 0.29) is 12.1 Å². The summed E-state index contributed by atoms with van der Waals surface area (Å²) in [5.74, 6) is 1.19. The molecule has 1 unspecified atom stereocenters. The van der Waals surface area contributed by atoms with Gasteiger partial charge in [0.25, 0.3) is 0 Å². The van der Waals surface area contributed by atoms with Crippen molar-refractivity contribution >= 4 is 11.6 Å². The summed E-state index contributed by atoms with van der Waals surface area (Å²) in [5.41, 5.74) is 6.81. The van der Waals surface area contributed by atoms with Crippen molar-refractivity contribution in [3.05, 3.63) is 28.8 Å². The van der Waals surface area contributed by atoms with Gasteiger partial charge < -0.3 is 10.5 Å². The molecular formula is C13H20ClNO. The molecule has 0 aliphatic carbocycles. The summed E-state index contributed by atoms with van der Waals surface area (Å²) in [6.07, 6.45) is 0.152. The van der Waals surface area contributed by atoms with Gasteiger partial charge in [-0.3, -0.25) is 0 Å². The molecule has 3 heteroatoms. The number of hydrogen-bond donors (Lipinski definition) is 1. The maximum Gasteiger partial charge on any atom is 0.138 e. The second-order valence-corrected chi connectivity index (χ2v) is 4.95. The molecule has 2 nitrogen and oxygen atoms in total. The highest BCUT2D eigenvalue weighted by Crippen LogP contribution is 2.28. The average Bonchev–Trinajstić information content (AvgIpc) is 2.20. The molecule has 2 N–H and O–H groups in total. The topological polar surface area (TPSA) is 35.2 Å². The maximum atomic E-state index is 6.14. The molecule has 0 radical (unpaired) electrons. The van der Waals surface area contributed by atoms with Crippen LogP contribution >= 0.6 is 11.6 Å². The van der Waals surface area contributed by atoms with Crippen molar-refractivity contribution in [1.29, 1.82) is 0 Å². The van der Waals surface area contributed by atoms with Gasteiger partial charge in [0.2, 0.25) is 0 Å². The molecule has 1 aromatic rings. The molecule has 16 heavy (non-hydrogen) atoms. The molecular weight excluding hydrogens is 222 g/mol. The van der Waals surface area contributed by atoms with Crippen LogP contribution in [0.3, 0.4) is 0 Å². The van der Waals surface area contributed by atoms with Crippen LogP contribution < -0.4 is 10.5 Å². The van der Waals surface area contributed by atoms with Crippen molar-refractivity contribution in [2.45, 2.75) is 39.8 Å². The van der Waals surface area contributed by atoms with Crippen LogP contribution in [0.4, 0.5) is 0 Å². The minimum absolute atomic E-state index is 0.00549. The molecule has 1 aromatic carbocycles. The van der Waals surface area contributed by atoms with Crippen LogP contribution in [0.1, 0.15) is 39.3 Å². The molecule has 0 aliphatic rings. The van der Waals surface area contributed by atoms with E-state index in [1.165, 1.54) is 0 Å². The fourth-order valence-electron chi connectivity index (χ4n) is 1.23. The molecule has 90 valence electrons. The van der Waals surface area contributed by atoms with Crippen molar-refractivity contribution in [2.75, 3.05) is 0 Å². The molecule has 0 amide bonds. The summed E-state index contributed by atoms with van der Waals surface area (Å²) in [5, 5.41) is 0.627. The molecule has 0 heterocycles. The molecule has 0 aromatic heterocycles. The maximum absolute atomic E-state index is 6.14. The molecule has 0 saturated carbocycles. The summed E-state index contributed by atoms with van der Waals surface area (Å²) in [6.45, 7) is 8.22. The van der Waals surface area contributed by atoms with Crippen LogP contribution in [-0.2, 0) is 0 Å².